The number of rotatable bonds is 4. The van der Waals surface area contributed by atoms with Gasteiger partial charge in [0.2, 0.25) is 0 Å². The van der Waals surface area contributed by atoms with Crippen LogP contribution in [0.4, 0.5) is 5.69 Å². The minimum absolute atomic E-state index is 0.0792. The lowest BCUT2D eigenvalue weighted by molar-refractivity contribution is 0.0791. The fourth-order valence-electron chi connectivity index (χ4n) is 3.21. The van der Waals surface area contributed by atoms with Gasteiger partial charge in [0, 0.05) is 36.6 Å². The van der Waals surface area contributed by atoms with Crippen LogP contribution >= 0.6 is 15.9 Å². The second-order valence-electron chi connectivity index (χ2n) is 6.40. The van der Waals surface area contributed by atoms with E-state index in [1.165, 1.54) is 0 Å². The molecule has 1 N–H and O–H groups in total. The summed E-state index contributed by atoms with van der Waals surface area (Å²) in [5.41, 5.74) is 2.74. The maximum absolute atomic E-state index is 12.8. The van der Waals surface area contributed by atoms with Gasteiger partial charge in [-0.25, -0.2) is 4.68 Å². The zero-order chi connectivity index (χ0) is 17.9. The van der Waals surface area contributed by atoms with Crippen LogP contribution in [0, 0.1) is 0 Å². The highest BCUT2D eigenvalue weighted by molar-refractivity contribution is 9.10. The predicted molar refractivity (Wildman–Crippen MR) is 106 cm³/mol. The Balaban J connectivity index is 1.40. The first-order valence-corrected chi connectivity index (χ1v) is 9.40. The summed E-state index contributed by atoms with van der Waals surface area (Å²) in [6, 6.07) is 18.0. The van der Waals surface area contributed by atoms with E-state index < -0.39 is 0 Å². The Labute approximate surface area is 160 Å². The number of hydrogen-bond donors (Lipinski definition) is 1. The molecule has 3 aromatic rings. The Hall–Kier alpha value is -2.60. The molecule has 1 aliphatic heterocycles. The molecular weight excluding hydrogens is 392 g/mol. The van der Waals surface area contributed by atoms with Gasteiger partial charge in [-0.05, 0) is 58.7 Å². The monoisotopic (exact) mass is 410 g/mol. The van der Waals surface area contributed by atoms with Gasteiger partial charge < -0.3 is 10.2 Å². The maximum atomic E-state index is 12.8. The summed E-state index contributed by atoms with van der Waals surface area (Å²) in [6.07, 6.45) is 4.58. The maximum Gasteiger partial charge on any atom is 0.253 e. The Bertz CT molecular complexity index is 892. The summed E-state index contributed by atoms with van der Waals surface area (Å²) >= 11 is 3.39. The number of amides is 1. The number of nitrogens with zero attached hydrogens (tertiary/aromatic N) is 3. The summed E-state index contributed by atoms with van der Waals surface area (Å²) in [4.78, 5) is 14.7. The Morgan fingerprint density at radius 1 is 1.12 bits per heavy atom. The molecule has 1 aromatic heterocycles. The average Bonchev–Trinajstić information content (AvgIpc) is 3.31. The van der Waals surface area contributed by atoms with Gasteiger partial charge in [-0.1, -0.05) is 18.2 Å². The minimum atomic E-state index is 0.0792. The molecule has 132 valence electrons. The fourth-order valence-corrected chi connectivity index (χ4v) is 3.50. The normalized spacial score (nSPS) is 16.7. The molecule has 0 aliphatic carbocycles. The van der Waals surface area contributed by atoms with Crippen LogP contribution in [0.1, 0.15) is 16.8 Å². The molecule has 1 aliphatic rings. The van der Waals surface area contributed by atoms with Crippen molar-refractivity contribution in [2.45, 2.75) is 12.5 Å². The Morgan fingerprint density at radius 3 is 2.58 bits per heavy atom. The van der Waals surface area contributed by atoms with Crippen molar-refractivity contribution in [3.05, 3.63) is 77.0 Å². The van der Waals surface area contributed by atoms with E-state index in [9.17, 15) is 4.79 Å². The standard InChI is InChI=1S/C20H19BrN4O/c21-16-12-22-25(13-16)19-8-6-15(7-9-19)20(26)24-11-10-18(14-24)23-17-4-2-1-3-5-17/h1-9,12-13,18,23H,10-11,14H2. The van der Waals surface area contributed by atoms with Crippen molar-refractivity contribution in [2.75, 3.05) is 18.4 Å². The number of nitrogens with one attached hydrogen (secondary N) is 1. The number of benzene rings is 2. The number of aromatic nitrogens is 2. The van der Waals surface area contributed by atoms with Gasteiger partial charge in [-0.15, -0.1) is 0 Å². The molecule has 1 amide bonds. The van der Waals surface area contributed by atoms with Gasteiger partial charge in [-0.3, -0.25) is 4.79 Å². The number of halogens is 1. The molecule has 1 atom stereocenters. The number of anilines is 1. The van der Waals surface area contributed by atoms with Crippen LogP contribution < -0.4 is 5.32 Å². The third-order valence-electron chi connectivity index (χ3n) is 4.55. The van der Waals surface area contributed by atoms with Gasteiger partial charge in [0.25, 0.3) is 5.91 Å². The fraction of sp³-hybridized carbons (Fsp3) is 0.200. The zero-order valence-electron chi connectivity index (χ0n) is 14.2. The van der Waals surface area contributed by atoms with Crippen LogP contribution in [-0.2, 0) is 0 Å². The minimum Gasteiger partial charge on any atom is -0.380 e. The molecule has 2 heterocycles. The smallest absolute Gasteiger partial charge is 0.253 e. The van der Waals surface area contributed by atoms with Crippen LogP contribution in [0.5, 0.6) is 0 Å². The van der Waals surface area contributed by atoms with Crippen molar-refractivity contribution < 1.29 is 4.79 Å². The first-order chi connectivity index (χ1) is 12.7. The first-order valence-electron chi connectivity index (χ1n) is 8.60. The first kappa shape index (κ1) is 16.8. The summed E-state index contributed by atoms with van der Waals surface area (Å²) in [5, 5.41) is 7.75. The van der Waals surface area contributed by atoms with Crippen LogP contribution in [0.25, 0.3) is 5.69 Å². The van der Waals surface area contributed by atoms with Gasteiger partial charge in [0.05, 0.1) is 16.4 Å². The van der Waals surface area contributed by atoms with Gasteiger partial charge in [0.1, 0.15) is 0 Å². The van der Waals surface area contributed by atoms with Crippen molar-refractivity contribution in [1.82, 2.24) is 14.7 Å². The highest BCUT2D eigenvalue weighted by atomic mass is 79.9. The molecule has 0 spiro atoms. The van der Waals surface area contributed by atoms with E-state index in [4.69, 9.17) is 0 Å². The molecule has 0 bridgehead atoms. The highest BCUT2D eigenvalue weighted by Crippen LogP contribution is 2.19. The van der Waals surface area contributed by atoms with Crippen molar-refractivity contribution in [3.8, 4) is 5.69 Å². The summed E-state index contributed by atoms with van der Waals surface area (Å²) in [6.45, 7) is 1.50. The second-order valence-corrected chi connectivity index (χ2v) is 7.31. The Morgan fingerprint density at radius 2 is 1.88 bits per heavy atom. The summed E-state index contributed by atoms with van der Waals surface area (Å²) in [5.74, 6) is 0.0792. The largest absolute Gasteiger partial charge is 0.380 e. The highest BCUT2D eigenvalue weighted by Gasteiger charge is 2.26. The lowest BCUT2D eigenvalue weighted by atomic mass is 10.2. The Kier molecular flexibility index (Phi) is 4.75. The van der Waals surface area contributed by atoms with Gasteiger partial charge >= 0.3 is 0 Å². The van der Waals surface area contributed by atoms with Crippen LogP contribution in [-0.4, -0.2) is 39.7 Å². The van der Waals surface area contributed by atoms with Crippen LogP contribution in [0.15, 0.2) is 71.5 Å². The molecule has 0 radical (unpaired) electrons. The second kappa shape index (κ2) is 7.33. The lowest BCUT2D eigenvalue weighted by Gasteiger charge is -2.18. The van der Waals surface area contributed by atoms with Crippen molar-refractivity contribution in [1.29, 1.82) is 0 Å². The van der Waals surface area contributed by atoms with Crippen molar-refractivity contribution in [3.63, 3.8) is 0 Å². The van der Waals surface area contributed by atoms with Gasteiger partial charge in [-0.2, -0.15) is 5.10 Å². The molecule has 26 heavy (non-hydrogen) atoms. The number of carbonyl (C=O) groups excluding carboxylic acids is 1. The van der Waals surface area contributed by atoms with E-state index in [2.05, 4.69) is 38.5 Å². The third kappa shape index (κ3) is 3.65. The van der Waals surface area contributed by atoms with Crippen molar-refractivity contribution in [2.24, 2.45) is 0 Å². The molecule has 1 unspecified atom stereocenters. The van der Waals surface area contributed by atoms with E-state index in [0.29, 0.717) is 11.6 Å². The van der Waals surface area contributed by atoms with E-state index in [0.717, 1.165) is 35.4 Å². The quantitative estimate of drug-likeness (QED) is 0.707. The summed E-state index contributed by atoms with van der Waals surface area (Å²) < 4.78 is 2.69. The van der Waals surface area contributed by atoms with Crippen LogP contribution in [0.3, 0.4) is 0 Å². The topological polar surface area (TPSA) is 50.2 Å². The molecule has 1 saturated heterocycles. The molecular formula is C20H19BrN4O. The molecule has 0 saturated carbocycles. The van der Waals surface area contributed by atoms with E-state index in [1.54, 1.807) is 10.9 Å². The van der Waals surface area contributed by atoms with Crippen molar-refractivity contribution >= 4 is 27.5 Å². The molecule has 5 nitrogen and oxygen atoms in total. The third-order valence-corrected chi connectivity index (χ3v) is 4.96. The molecule has 2 aromatic carbocycles. The molecule has 6 heteroatoms. The number of likely N-dealkylation sites (tertiary alicyclic amines) is 1. The zero-order valence-corrected chi connectivity index (χ0v) is 15.8. The van der Waals surface area contributed by atoms with Crippen LogP contribution in [0.2, 0.25) is 0 Å². The van der Waals surface area contributed by atoms with Gasteiger partial charge in [0.15, 0.2) is 0 Å². The number of para-hydroxylation sites is 1. The molecule has 4 rings (SSSR count). The lowest BCUT2D eigenvalue weighted by Crippen LogP contribution is -2.31. The average molecular weight is 411 g/mol. The summed E-state index contributed by atoms with van der Waals surface area (Å²) in [7, 11) is 0. The SMILES string of the molecule is O=C(c1ccc(-n2cc(Br)cn2)cc1)N1CCC(Nc2ccccc2)C1. The van der Waals surface area contributed by atoms with E-state index >= 15 is 0 Å². The predicted octanol–water partition coefficient (Wildman–Crippen LogP) is 3.96. The number of carbonyl (C=O) groups is 1. The molecule has 1 fully saturated rings. The number of hydrogen-bond acceptors (Lipinski definition) is 3. The van der Waals surface area contributed by atoms with E-state index in [1.807, 2.05) is 53.6 Å². The van der Waals surface area contributed by atoms with E-state index in [-0.39, 0.29) is 5.91 Å².